The molecule has 3 aliphatic rings. The van der Waals surface area contributed by atoms with Crippen LogP contribution in [0.3, 0.4) is 0 Å². The number of carbonyl (C=O) groups is 2. The first-order valence-corrected chi connectivity index (χ1v) is 13.7. The fourth-order valence-corrected chi connectivity index (χ4v) is 6.05. The molecule has 3 aliphatic heterocycles. The molecule has 2 atom stereocenters. The van der Waals surface area contributed by atoms with Gasteiger partial charge in [0.25, 0.3) is 5.91 Å². The molecule has 2 saturated heterocycles. The molecule has 6 rings (SSSR count). The highest BCUT2D eigenvalue weighted by Gasteiger charge is 2.56. The Bertz CT molecular complexity index is 1410. The van der Waals surface area contributed by atoms with E-state index in [1.807, 2.05) is 56.4 Å². The maximum Gasteiger partial charge on any atom is 0.342 e. The summed E-state index contributed by atoms with van der Waals surface area (Å²) in [4.78, 5) is 39.6. The number of nitrogens with one attached hydrogen (secondary N) is 2. The second-order valence-electron chi connectivity index (χ2n) is 10.3. The topological polar surface area (TPSA) is 95.0 Å². The van der Waals surface area contributed by atoms with Crippen molar-refractivity contribution in [2.45, 2.75) is 38.6 Å². The molecular weight excluding hydrogens is 518 g/mol. The molecule has 4 heterocycles. The average Bonchev–Trinajstić information content (AvgIpc) is 3.36. The summed E-state index contributed by atoms with van der Waals surface area (Å²) in [5, 5.41) is 8.15. The molecule has 3 amide bonds. The zero-order chi connectivity index (χ0) is 27.1. The summed E-state index contributed by atoms with van der Waals surface area (Å²) >= 11 is 6.78. The Morgan fingerprint density at radius 2 is 1.97 bits per heavy atom. The third kappa shape index (κ3) is 4.57. The SMILES string of the molecule is Cc1ccn(-c2ccc(C(=O)N3c4ccccc4CN4C(=O)NOC3(CCN3CCNCC3)C4C)c(Cl)c2)n1. The highest BCUT2D eigenvalue weighted by molar-refractivity contribution is 6.34. The fourth-order valence-electron chi connectivity index (χ4n) is 5.79. The number of halogens is 1. The summed E-state index contributed by atoms with van der Waals surface area (Å²) in [6.45, 7) is 8.57. The molecule has 10 nitrogen and oxygen atoms in total. The van der Waals surface area contributed by atoms with Crippen LogP contribution in [-0.2, 0) is 11.4 Å². The van der Waals surface area contributed by atoms with Gasteiger partial charge in [0, 0.05) is 45.3 Å². The van der Waals surface area contributed by atoms with Gasteiger partial charge in [0.05, 0.1) is 40.2 Å². The van der Waals surface area contributed by atoms with Gasteiger partial charge < -0.3 is 15.1 Å². The minimum absolute atomic E-state index is 0.291. The zero-order valence-electron chi connectivity index (χ0n) is 22.1. The van der Waals surface area contributed by atoms with Gasteiger partial charge in [0.1, 0.15) is 0 Å². The number of rotatable bonds is 5. The van der Waals surface area contributed by atoms with Crippen LogP contribution in [0.15, 0.2) is 54.7 Å². The molecule has 2 fully saturated rings. The van der Waals surface area contributed by atoms with Crippen molar-refractivity contribution >= 4 is 29.2 Å². The quantitative estimate of drug-likeness (QED) is 0.507. The Hall–Kier alpha value is -3.44. The largest absolute Gasteiger partial charge is 0.342 e. The third-order valence-corrected chi connectivity index (χ3v) is 8.33. The van der Waals surface area contributed by atoms with Crippen LogP contribution in [0, 0.1) is 6.92 Å². The van der Waals surface area contributed by atoms with Gasteiger partial charge in [-0.15, -0.1) is 0 Å². The van der Waals surface area contributed by atoms with E-state index in [-0.39, 0.29) is 11.9 Å². The number of piperazine rings is 1. The van der Waals surface area contributed by atoms with Crippen LogP contribution >= 0.6 is 11.6 Å². The summed E-state index contributed by atoms with van der Waals surface area (Å²) in [6, 6.07) is 14.2. The van der Waals surface area contributed by atoms with E-state index in [9.17, 15) is 9.59 Å². The minimum atomic E-state index is -1.16. The Morgan fingerprint density at radius 1 is 1.18 bits per heavy atom. The van der Waals surface area contributed by atoms with E-state index < -0.39 is 11.8 Å². The molecule has 0 radical (unpaired) electrons. The zero-order valence-corrected chi connectivity index (χ0v) is 22.8. The number of nitrogens with zero attached hydrogens (tertiary/aromatic N) is 5. The van der Waals surface area contributed by atoms with Crippen molar-refractivity contribution < 1.29 is 14.4 Å². The Morgan fingerprint density at radius 3 is 2.72 bits per heavy atom. The molecule has 1 aromatic heterocycles. The number of aryl methyl sites for hydroxylation is 1. The van der Waals surface area contributed by atoms with E-state index in [0.29, 0.717) is 35.8 Å². The molecule has 2 aromatic carbocycles. The first kappa shape index (κ1) is 25.8. The lowest BCUT2D eigenvalue weighted by Crippen LogP contribution is -2.71. The fraction of sp³-hybridized carbons (Fsp3) is 0.393. The molecule has 2 N–H and O–H groups in total. The summed E-state index contributed by atoms with van der Waals surface area (Å²) in [5.41, 5.74) is 5.02. The van der Waals surface area contributed by atoms with Gasteiger partial charge in [-0.2, -0.15) is 5.10 Å². The van der Waals surface area contributed by atoms with Gasteiger partial charge in [-0.1, -0.05) is 29.8 Å². The second kappa shape index (κ2) is 10.3. The lowest BCUT2D eigenvalue weighted by Gasteiger charge is -2.51. The van der Waals surface area contributed by atoms with Crippen LogP contribution in [0.4, 0.5) is 10.5 Å². The van der Waals surface area contributed by atoms with Crippen molar-refractivity contribution in [3.63, 3.8) is 0 Å². The van der Waals surface area contributed by atoms with E-state index in [1.165, 1.54) is 0 Å². The van der Waals surface area contributed by atoms with Crippen LogP contribution in [0.5, 0.6) is 0 Å². The van der Waals surface area contributed by atoms with Crippen molar-refractivity contribution in [3.8, 4) is 5.69 Å². The predicted octanol–water partition coefficient (Wildman–Crippen LogP) is 3.33. The van der Waals surface area contributed by atoms with Gasteiger partial charge in [-0.25, -0.2) is 19.8 Å². The second-order valence-corrected chi connectivity index (χ2v) is 10.7. The normalized spacial score (nSPS) is 23.3. The van der Waals surface area contributed by atoms with Crippen LogP contribution < -0.4 is 15.7 Å². The maximum atomic E-state index is 14.6. The molecule has 3 aromatic rings. The van der Waals surface area contributed by atoms with Gasteiger partial charge in [0.15, 0.2) is 5.72 Å². The monoisotopic (exact) mass is 549 g/mol. The first-order chi connectivity index (χ1) is 18.9. The van der Waals surface area contributed by atoms with E-state index >= 15 is 0 Å². The van der Waals surface area contributed by atoms with E-state index in [4.69, 9.17) is 16.4 Å². The maximum absolute atomic E-state index is 14.6. The first-order valence-electron chi connectivity index (χ1n) is 13.3. The molecule has 39 heavy (non-hydrogen) atoms. The molecule has 2 unspecified atom stereocenters. The van der Waals surface area contributed by atoms with Crippen molar-refractivity contribution in [3.05, 3.63) is 76.6 Å². The highest BCUT2D eigenvalue weighted by atomic mass is 35.5. The highest BCUT2D eigenvalue weighted by Crippen LogP contribution is 2.43. The van der Waals surface area contributed by atoms with Crippen molar-refractivity contribution in [1.29, 1.82) is 0 Å². The minimum Gasteiger partial charge on any atom is -0.314 e. The van der Waals surface area contributed by atoms with Gasteiger partial charge in [-0.3, -0.25) is 9.69 Å². The lowest BCUT2D eigenvalue weighted by molar-refractivity contribution is -0.158. The number of hydroxylamine groups is 1. The van der Waals surface area contributed by atoms with Gasteiger partial charge in [-0.05, 0) is 49.7 Å². The number of anilines is 1. The average molecular weight is 550 g/mol. The van der Waals surface area contributed by atoms with E-state index in [2.05, 4.69) is 20.8 Å². The Labute approximate surface area is 232 Å². The predicted molar refractivity (Wildman–Crippen MR) is 148 cm³/mol. The van der Waals surface area contributed by atoms with Crippen LogP contribution in [0.25, 0.3) is 5.69 Å². The number of benzene rings is 2. The number of amides is 3. The molecule has 204 valence electrons. The Balaban J connectivity index is 1.44. The summed E-state index contributed by atoms with van der Waals surface area (Å²) in [5.74, 6) is -0.291. The number of hydrogen-bond donors (Lipinski definition) is 2. The lowest BCUT2D eigenvalue weighted by atomic mass is 9.95. The number of aromatic nitrogens is 2. The van der Waals surface area contributed by atoms with Crippen molar-refractivity contribution in [1.82, 2.24) is 30.4 Å². The molecule has 0 aliphatic carbocycles. The number of hydrogen-bond acceptors (Lipinski definition) is 6. The number of para-hydroxylation sites is 1. The standard InChI is InChI=1S/C28H32ClN7O3/c1-19-9-13-35(31-19)22-7-8-23(24(29)17-22)26(37)36-25-6-4-3-5-21(25)18-34-20(2)28(36,39-32-27(34)38)10-14-33-15-11-30-12-16-33/h3-9,13,17,20,30H,10-12,14-16,18H2,1-2H3,(H,32,38). The molecule has 11 heteroatoms. The van der Waals surface area contributed by atoms with Crippen LogP contribution in [0.2, 0.25) is 5.02 Å². The van der Waals surface area contributed by atoms with E-state index in [1.54, 1.807) is 26.6 Å². The third-order valence-electron chi connectivity index (χ3n) is 8.02. The summed E-state index contributed by atoms with van der Waals surface area (Å²) < 4.78 is 1.73. The molecule has 2 bridgehead atoms. The van der Waals surface area contributed by atoms with E-state index in [0.717, 1.165) is 43.1 Å². The van der Waals surface area contributed by atoms with Gasteiger partial charge in [0.2, 0.25) is 0 Å². The van der Waals surface area contributed by atoms with Crippen LogP contribution in [-0.4, -0.2) is 76.0 Å². The number of urea groups is 1. The van der Waals surface area contributed by atoms with Gasteiger partial charge >= 0.3 is 6.03 Å². The van der Waals surface area contributed by atoms with Crippen LogP contribution in [0.1, 0.15) is 35.0 Å². The molecule has 0 saturated carbocycles. The smallest absolute Gasteiger partial charge is 0.314 e. The summed E-state index contributed by atoms with van der Waals surface area (Å²) in [7, 11) is 0. The number of carbonyl (C=O) groups excluding carboxylic acids is 2. The number of fused-ring (bicyclic) bond motifs is 3. The molecule has 0 spiro atoms. The Kier molecular flexibility index (Phi) is 6.80. The molecular formula is C28H32ClN7O3. The summed E-state index contributed by atoms with van der Waals surface area (Å²) in [6.07, 6.45) is 2.35. The van der Waals surface area contributed by atoms with Crippen molar-refractivity contribution in [2.75, 3.05) is 37.6 Å². The van der Waals surface area contributed by atoms with Crippen molar-refractivity contribution in [2.24, 2.45) is 0 Å².